The van der Waals surface area contributed by atoms with E-state index in [1.54, 1.807) is 12.4 Å². The summed E-state index contributed by atoms with van der Waals surface area (Å²) in [5, 5.41) is 11.8. The van der Waals surface area contributed by atoms with Crippen LogP contribution in [0.4, 0.5) is 8.78 Å². The van der Waals surface area contributed by atoms with Crippen molar-refractivity contribution in [3.8, 4) is 11.3 Å². The highest BCUT2D eigenvalue weighted by Crippen LogP contribution is 2.26. The van der Waals surface area contributed by atoms with Gasteiger partial charge in [0, 0.05) is 35.5 Å². The maximum absolute atomic E-state index is 12.8. The summed E-state index contributed by atoms with van der Waals surface area (Å²) in [7, 11) is 0. The van der Waals surface area contributed by atoms with E-state index < -0.39 is 24.0 Å². The van der Waals surface area contributed by atoms with Gasteiger partial charge in [-0.05, 0) is 69.6 Å². The number of benzene rings is 1. The molecule has 0 radical (unpaired) electrons. The van der Waals surface area contributed by atoms with Crippen LogP contribution in [-0.2, 0) is 11.3 Å². The number of primary amides is 1. The molecule has 3 heterocycles. The monoisotopic (exact) mass is 484 g/mol. The van der Waals surface area contributed by atoms with Gasteiger partial charge in [-0.15, -0.1) is 0 Å². The van der Waals surface area contributed by atoms with Crippen LogP contribution in [0.2, 0.25) is 0 Å². The maximum atomic E-state index is 12.8. The molecule has 1 fully saturated rings. The van der Waals surface area contributed by atoms with Gasteiger partial charge in [0.15, 0.2) is 0 Å². The van der Waals surface area contributed by atoms with Crippen molar-refractivity contribution in [3.05, 3.63) is 71.6 Å². The number of carbonyl (C=O) groups excluding carboxylic acids is 1. The van der Waals surface area contributed by atoms with Gasteiger partial charge >= 0.3 is 0 Å². The zero-order valence-electron chi connectivity index (χ0n) is 20.3. The Bertz CT molecular complexity index is 1120. The number of nitrogens with two attached hydrogens (primary N) is 2. The Labute approximate surface area is 204 Å². The Kier molecular flexibility index (Phi) is 11.7. The first-order chi connectivity index (χ1) is 16.9. The lowest BCUT2D eigenvalue weighted by Gasteiger charge is -2.08. The van der Waals surface area contributed by atoms with Crippen LogP contribution in [0.15, 0.2) is 66.0 Å². The second-order valence-corrected chi connectivity index (χ2v) is 7.99. The number of piperidine rings is 1. The van der Waals surface area contributed by atoms with Crippen LogP contribution in [0.3, 0.4) is 0 Å². The maximum Gasteiger partial charge on any atom is 0.222 e. The predicted molar refractivity (Wildman–Crippen MR) is 136 cm³/mol. The summed E-state index contributed by atoms with van der Waals surface area (Å²) in [6.45, 7) is 5.54. The number of hydrogen-bond acceptors (Lipinski definition) is 5. The SMILES string of the molecule is C/C=C(F)\C(CC(N)=O)=C(/C)F.C1CCNCC1.NCc1ccc2[nH]nc(-c3ccncc3)c2c1. The molecule has 6 N–H and O–H groups in total. The third kappa shape index (κ3) is 9.03. The molecule has 0 saturated carbocycles. The fraction of sp³-hybridized carbons (Fsp3) is 0.346. The normalized spacial score (nSPS) is 14.3. The first-order valence-corrected chi connectivity index (χ1v) is 11.6. The average molecular weight is 485 g/mol. The van der Waals surface area contributed by atoms with Gasteiger partial charge in [-0.1, -0.05) is 18.6 Å². The van der Waals surface area contributed by atoms with Crippen molar-refractivity contribution < 1.29 is 13.6 Å². The lowest BCUT2D eigenvalue weighted by atomic mass is 10.1. The van der Waals surface area contributed by atoms with E-state index in [0.717, 1.165) is 40.7 Å². The summed E-state index contributed by atoms with van der Waals surface area (Å²) in [6.07, 6.45) is 8.43. The molecule has 35 heavy (non-hydrogen) atoms. The minimum absolute atomic E-state index is 0.273. The Hall–Kier alpha value is -3.43. The molecule has 1 aromatic carbocycles. The molecule has 0 unspecified atom stereocenters. The molecule has 7 nitrogen and oxygen atoms in total. The number of pyridine rings is 1. The molecule has 0 aliphatic carbocycles. The fourth-order valence-corrected chi connectivity index (χ4v) is 3.44. The highest BCUT2D eigenvalue weighted by Gasteiger charge is 2.11. The van der Waals surface area contributed by atoms with E-state index >= 15 is 0 Å². The van der Waals surface area contributed by atoms with Gasteiger partial charge in [-0.2, -0.15) is 5.10 Å². The average Bonchev–Trinajstić information content (AvgIpc) is 3.32. The Morgan fingerprint density at radius 1 is 1.11 bits per heavy atom. The highest BCUT2D eigenvalue weighted by molar-refractivity contribution is 5.93. The topological polar surface area (TPSA) is 123 Å². The highest BCUT2D eigenvalue weighted by atomic mass is 19.1. The van der Waals surface area contributed by atoms with Gasteiger partial charge < -0.3 is 16.8 Å². The van der Waals surface area contributed by atoms with Crippen LogP contribution >= 0.6 is 0 Å². The smallest absolute Gasteiger partial charge is 0.222 e. The Morgan fingerprint density at radius 3 is 2.29 bits per heavy atom. The largest absolute Gasteiger partial charge is 0.369 e. The van der Waals surface area contributed by atoms with Crippen molar-refractivity contribution in [2.75, 3.05) is 13.1 Å². The molecule has 1 aliphatic heterocycles. The van der Waals surface area contributed by atoms with Gasteiger partial charge in [-0.25, -0.2) is 8.78 Å². The molecule has 1 aliphatic rings. The van der Waals surface area contributed by atoms with E-state index in [0.29, 0.717) is 6.54 Å². The molecule has 188 valence electrons. The van der Waals surface area contributed by atoms with Crippen LogP contribution in [-0.4, -0.2) is 34.2 Å². The van der Waals surface area contributed by atoms with Crippen molar-refractivity contribution >= 4 is 16.8 Å². The molecule has 0 atom stereocenters. The van der Waals surface area contributed by atoms with Gasteiger partial charge in [0.2, 0.25) is 5.91 Å². The summed E-state index contributed by atoms with van der Waals surface area (Å²) in [5.74, 6) is -2.21. The second-order valence-electron chi connectivity index (χ2n) is 7.99. The number of allylic oxidation sites excluding steroid dienone is 3. The molecular formula is C26H34F2N6O. The van der Waals surface area contributed by atoms with Gasteiger partial charge in [-0.3, -0.25) is 14.9 Å². The quantitative estimate of drug-likeness (QED) is 0.387. The molecule has 0 bridgehead atoms. The van der Waals surface area contributed by atoms with E-state index in [9.17, 15) is 13.6 Å². The van der Waals surface area contributed by atoms with Crippen LogP contribution in [0.5, 0.6) is 0 Å². The standard InChI is InChI=1S/C13H12N4.C8H11F2NO.C5H11N/c14-8-9-1-2-12-11(7-9)13(17-16-12)10-3-5-15-6-4-10;1-3-7(10)6(5(2)9)4-8(11)12;1-2-4-6-5-3-1/h1-7H,8,14H2,(H,16,17);3H,4H2,1-2H3,(H2,11,12);6H,1-5H2/b;6-5+,7-3+;. The van der Waals surface area contributed by atoms with Crippen LogP contribution in [0, 0.1) is 0 Å². The number of carbonyl (C=O) groups is 1. The van der Waals surface area contributed by atoms with Crippen LogP contribution < -0.4 is 16.8 Å². The Balaban J connectivity index is 0.000000209. The summed E-state index contributed by atoms with van der Waals surface area (Å²) in [5.41, 5.74) is 14.3. The van der Waals surface area contributed by atoms with Gasteiger partial charge in [0.05, 0.1) is 11.9 Å². The Morgan fingerprint density at radius 2 is 1.80 bits per heavy atom. The van der Waals surface area contributed by atoms with Gasteiger partial charge in [0.1, 0.15) is 17.3 Å². The lowest BCUT2D eigenvalue weighted by Crippen LogP contribution is -2.21. The number of halogens is 2. The molecule has 2 aromatic heterocycles. The molecular weight excluding hydrogens is 450 g/mol. The molecule has 9 heteroatoms. The zero-order valence-corrected chi connectivity index (χ0v) is 20.3. The zero-order chi connectivity index (χ0) is 25.6. The number of nitrogens with zero attached hydrogens (tertiary/aromatic N) is 2. The van der Waals surface area contributed by atoms with Crippen LogP contribution in [0.25, 0.3) is 22.2 Å². The number of aromatic amines is 1. The number of hydrogen-bond donors (Lipinski definition) is 4. The van der Waals surface area contributed by atoms with Gasteiger partial charge in [0.25, 0.3) is 0 Å². The molecule has 3 aromatic rings. The number of aromatic nitrogens is 3. The van der Waals surface area contributed by atoms with E-state index in [1.807, 2.05) is 24.3 Å². The third-order valence-electron chi connectivity index (χ3n) is 5.33. The van der Waals surface area contributed by atoms with E-state index in [4.69, 9.17) is 11.5 Å². The molecule has 1 amide bonds. The van der Waals surface area contributed by atoms with E-state index in [-0.39, 0.29) is 5.57 Å². The summed E-state index contributed by atoms with van der Waals surface area (Å²) < 4.78 is 25.3. The number of H-pyrrole nitrogens is 1. The molecule has 4 rings (SSSR count). The minimum atomic E-state index is -0.751. The van der Waals surface area contributed by atoms with Crippen molar-refractivity contribution in [2.45, 2.75) is 46.1 Å². The van der Waals surface area contributed by atoms with E-state index in [2.05, 4.69) is 26.6 Å². The van der Waals surface area contributed by atoms with Crippen molar-refractivity contribution in [2.24, 2.45) is 11.5 Å². The molecule has 1 saturated heterocycles. The number of amides is 1. The lowest BCUT2D eigenvalue weighted by molar-refractivity contribution is -0.117. The minimum Gasteiger partial charge on any atom is -0.369 e. The number of fused-ring (bicyclic) bond motifs is 1. The van der Waals surface area contributed by atoms with Crippen molar-refractivity contribution in [3.63, 3.8) is 0 Å². The van der Waals surface area contributed by atoms with E-state index in [1.165, 1.54) is 39.3 Å². The second kappa shape index (κ2) is 14.7. The van der Waals surface area contributed by atoms with Crippen molar-refractivity contribution in [1.29, 1.82) is 0 Å². The summed E-state index contributed by atoms with van der Waals surface area (Å²) in [4.78, 5) is 14.4. The third-order valence-corrected chi connectivity index (χ3v) is 5.33. The first-order valence-electron chi connectivity index (χ1n) is 11.6. The number of nitrogens with one attached hydrogen (secondary N) is 2. The first kappa shape index (κ1) is 27.8. The summed E-state index contributed by atoms with van der Waals surface area (Å²) in [6, 6.07) is 10.00. The fourth-order valence-electron chi connectivity index (χ4n) is 3.44. The number of rotatable bonds is 5. The predicted octanol–water partition coefficient (Wildman–Crippen LogP) is 4.82. The molecule has 0 spiro atoms. The van der Waals surface area contributed by atoms with Crippen LogP contribution in [0.1, 0.15) is 45.1 Å². The summed E-state index contributed by atoms with van der Waals surface area (Å²) >= 11 is 0. The van der Waals surface area contributed by atoms with Crippen molar-refractivity contribution in [1.82, 2.24) is 20.5 Å².